The first-order valence-electron chi connectivity index (χ1n) is 3.83. The Hall–Kier alpha value is 0.476. The summed E-state index contributed by atoms with van der Waals surface area (Å²) in [6, 6.07) is 3.79. The van der Waals surface area contributed by atoms with E-state index in [1.807, 2.05) is 19.1 Å². The minimum absolute atomic E-state index is 0. The third-order valence-corrected chi connectivity index (χ3v) is 1.17. The van der Waals surface area contributed by atoms with Crippen LogP contribution in [-0.2, 0) is 0 Å². The summed E-state index contributed by atoms with van der Waals surface area (Å²) in [4.78, 5) is 18.9. The van der Waals surface area contributed by atoms with Crippen molar-refractivity contribution in [2.24, 2.45) is 11.7 Å². The van der Waals surface area contributed by atoms with Gasteiger partial charge in [0.1, 0.15) is 5.76 Å². The molecule has 18 heavy (non-hydrogen) atoms. The molecule has 102 valence electrons. The van der Waals surface area contributed by atoms with Crippen LogP contribution in [-0.4, -0.2) is 10.5 Å². The molecule has 6 N–H and O–H groups in total. The zero-order valence-corrected chi connectivity index (χ0v) is 14.4. The van der Waals surface area contributed by atoms with Gasteiger partial charge in [0.2, 0.25) is 0 Å². The van der Waals surface area contributed by atoms with Crippen LogP contribution in [0.1, 0.15) is 14.6 Å². The number of aryl methyl sites for hydroxylation is 1. The van der Waals surface area contributed by atoms with Crippen molar-refractivity contribution in [3.05, 3.63) is 24.2 Å². The van der Waals surface area contributed by atoms with E-state index >= 15 is 0 Å². The minimum Gasteiger partial charge on any atom is -1.00 e. The van der Waals surface area contributed by atoms with Gasteiger partial charge in [-0.2, -0.15) is 0 Å². The summed E-state index contributed by atoms with van der Waals surface area (Å²) in [5.74, 6) is 9.96. The molecule has 0 radical (unpaired) electrons. The van der Waals surface area contributed by atoms with E-state index < -0.39 is 10.5 Å². The Morgan fingerprint density at radius 1 is 1.28 bits per heavy atom. The average Bonchev–Trinajstić information content (AvgIpc) is 2.71. The number of carbonyl (C=O) groups is 2. The van der Waals surface area contributed by atoms with Crippen LogP contribution in [0.2, 0.25) is 0 Å². The van der Waals surface area contributed by atoms with Gasteiger partial charge >= 0.3 is 51.4 Å². The first-order valence-corrected chi connectivity index (χ1v) is 4.72. The Morgan fingerprint density at radius 2 is 1.61 bits per heavy atom. The smallest absolute Gasteiger partial charge is 1.00 e. The Balaban J connectivity index is -0.0000000482. The Kier molecular flexibility index (Phi) is 29.6. The van der Waals surface area contributed by atoms with Gasteiger partial charge in [0.15, 0.2) is 0 Å². The van der Waals surface area contributed by atoms with E-state index in [0.29, 0.717) is 0 Å². The second kappa shape index (κ2) is 19.8. The average molecular weight is 322 g/mol. The molecule has 0 saturated carbocycles. The van der Waals surface area contributed by atoms with Gasteiger partial charge in [0.25, 0.3) is 10.5 Å². The second-order valence-electron chi connectivity index (χ2n) is 2.12. The van der Waals surface area contributed by atoms with Crippen molar-refractivity contribution >= 4 is 35.7 Å². The summed E-state index contributed by atoms with van der Waals surface area (Å²) in [7, 11) is 0. The number of hydrazine groups is 2. The molecule has 0 spiro atoms. The Bertz CT molecular complexity index is 290. The fourth-order valence-electron chi connectivity index (χ4n) is 0.361. The third-order valence-electron chi connectivity index (χ3n) is 0.910. The van der Waals surface area contributed by atoms with Crippen LogP contribution in [0, 0.1) is 6.92 Å². The summed E-state index contributed by atoms with van der Waals surface area (Å²) in [6.45, 7) is 1.92. The maximum atomic E-state index is 9.44. The minimum atomic E-state index is -0.523. The number of carbonyl (C=O) groups excluding carboxylic acids is 2. The van der Waals surface area contributed by atoms with Crippen molar-refractivity contribution in [3.63, 3.8) is 0 Å². The second-order valence-corrected chi connectivity index (χ2v) is 2.94. The molecule has 1 heterocycles. The first-order chi connectivity index (χ1) is 7.43. The van der Waals surface area contributed by atoms with E-state index in [9.17, 15) is 9.59 Å². The SMILES string of the molecule is C.Cc1ccco1.NNC(=O)S.NNC(=O)S.[H-].[K+]. The van der Waals surface area contributed by atoms with E-state index in [0.717, 1.165) is 5.76 Å². The predicted molar refractivity (Wildman–Crippen MR) is 74.7 cm³/mol. The van der Waals surface area contributed by atoms with Crippen molar-refractivity contribution < 1.29 is 66.8 Å². The summed E-state index contributed by atoms with van der Waals surface area (Å²) in [5, 5.41) is -1.05. The fraction of sp³-hybridized carbons (Fsp3) is 0.250. The summed E-state index contributed by atoms with van der Waals surface area (Å²) in [5.41, 5.74) is 3.51. The van der Waals surface area contributed by atoms with Gasteiger partial charge in [-0.15, -0.1) is 0 Å². The van der Waals surface area contributed by atoms with Gasteiger partial charge in [-0.3, -0.25) is 20.4 Å². The summed E-state index contributed by atoms with van der Waals surface area (Å²) < 4.78 is 4.83. The molecule has 1 aromatic heterocycles. The molecule has 10 heteroatoms. The van der Waals surface area contributed by atoms with Crippen LogP contribution < -0.4 is 73.9 Å². The van der Waals surface area contributed by atoms with Crippen molar-refractivity contribution in [1.82, 2.24) is 10.9 Å². The molecular weight excluding hydrogens is 303 g/mol. The van der Waals surface area contributed by atoms with Crippen molar-refractivity contribution in [2.75, 3.05) is 0 Å². The number of hydrogen-bond donors (Lipinski definition) is 6. The van der Waals surface area contributed by atoms with Gasteiger partial charge in [-0.05, 0) is 19.1 Å². The van der Waals surface area contributed by atoms with Crippen LogP contribution in [0.15, 0.2) is 22.8 Å². The molecule has 0 aliphatic rings. The standard InChI is InChI=1S/C5H6O.2CH4N2OS.CH4.K.H/c1-5-3-2-4-6-5;2*2-3-1(4)5;;;/h2-4H,1H3;2*2H2,(H2,3,4,5);1H4;;/q;;;;+1;-1. The van der Waals surface area contributed by atoms with Crippen molar-refractivity contribution in [2.45, 2.75) is 14.4 Å². The van der Waals surface area contributed by atoms with E-state index in [4.69, 9.17) is 4.42 Å². The molecule has 0 unspecified atom stereocenters. The van der Waals surface area contributed by atoms with E-state index in [-0.39, 0.29) is 60.2 Å². The fourth-order valence-corrected chi connectivity index (χ4v) is 0.361. The maximum Gasteiger partial charge on any atom is 1.00 e. The maximum absolute atomic E-state index is 9.44. The molecule has 0 atom stereocenters. The topological polar surface area (TPSA) is 123 Å². The molecule has 7 nitrogen and oxygen atoms in total. The monoisotopic (exact) mass is 322 g/mol. The van der Waals surface area contributed by atoms with Crippen LogP contribution in [0.5, 0.6) is 0 Å². The predicted octanol–water partition coefficient (Wildman–Crippen LogP) is -1.66. The number of thiol groups is 2. The van der Waals surface area contributed by atoms with E-state index in [2.05, 4.69) is 36.9 Å². The first kappa shape index (κ1) is 26.9. The number of rotatable bonds is 0. The molecule has 0 fully saturated rings. The molecule has 0 aliphatic carbocycles. The normalized spacial score (nSPS) is 6.72. The Morgan fingerprint density at radius 3 is 1.67 bits per heavy atom. The Labute approximate surface area is 161 Å². The van der Waals surface area contributed by atoms with Crippen LogP contribution >= 0.6 is 25.3 Å². The van der Waals surface area contributed by atoms with Crippen LogP contribution in [0.3, 0.4) is 0 Å². The molecule has 2 amide bonds. The summed E-state index contributed by atoms with van der Waals surface area (Å²) >= 11 is 6.45. The summed E-state index contributed by atoms with van der Waals surface area (Å²) in [6.07, 6.45) is 1.66. The number of furan rings is 1. The van der Waals surface area contributed by atoms with E-state index in [1.165, 1.54) is 0 Å². The number of nitrogens with one attached hydrogen (secondary N) is 2. The number of amides is 2. The van der Waals surface area contributed by atoms with E-state index in [1.54, 1.807) is 17.1 Å². The number of nitrogens with two attached hydrogens (primary N) is 2. The molecular formula is C8H19KN4O3S2. The quantitative estimate of drug-likeness (QED) is 0.112. The van der Waals surface area contributed by atoms with Crippen LogP contribution in [0.4, 0.5) is 9.59 Å². The number of hydrogen-bond acceptors (Lipinski definition) is 5. The molecule has 0 aromatic carbocycles. The molecule has 0 bridgehead atoms. The largest absolute Gasteiger partial charge is 1.00 e. The molecule has 1 rings (SSSR count). The van der Waals surface area contributed by atoms with Gasteiger partial charge in [0, 0.05) is 0 Å². The van der Waals surface area contributed by atoms with Crippen molar-refractivity contribution in [1.29, 1.82) is 0 Å². The molecule has 0 aliphatic heterocycles. The van der Waals surface area contributed by atoms with Gasteiger partial charge in [0.05, 0.1) is 6.26 Å². The van der Waals surface area contributed by atoms with Gasteiger partial charge in [-0.25, -0.2) is 11.7 Å². The third kappa shape index (κ3) is 30.0. The zero-order chi connectivity index (χ0) is 13.0. The zero-order valence-electron chi connectivity index (χ0n) is 10.5. The van der Waals surface area contributed by atoms with Crippen molar-refractivity contribution in [3.8, 4) is 0 Å². The van der Waals surface area contributed by atoms with Crippen LogP contribution in [0.25, 0.3) is 0 Å². The van der Waals surface area contributed by atoms with Gasteiger partial charge < -0.3 is 5.84 Å². The molecule has 1 aromatic rings. The van der Waals surface area contributed by atoms with Gasteiger partial charge in [-0.1, -0.05) is 32.7 Å². The molecule has 0 saturated heterocycles.